The lowest BCUT2D eigenvalue weighted by Crippen LogP contribution is -2.11. The molecule has 0 saturated carbocycles. The van der Waals surface area contributed by atoms with Crippen LogP contribution in [0.4, 0.5) is 24.5 Å². The summed E-state index contributed by atoms with van der Waals surface area (Å²) in [5, 5.41) is 21.5. The molecule has 12 heteroatoms. The number of nitro groups is 2. The van der Waals surface area contributed by atoms with E-state index in [1.54, 1.807) is 0 Å². The van der Waals surface area contributed by atoms with Crippen molar-refractivity contribution in [3.05, 3.63) is 68.3 Å². The Bertz CT molecular complexity index is 886. The molecule has 0 aromatic heterocycles. The molecule has 0 aliphatic rings. The third kappa shape index (κ3) is 5.41. The summed E-state index contributed by atoms with van der Waals surface area (Å²) in [6, 6.07) is 6.61. The smallest absolute Gasteiger partial charge is 0.416 e. The molecule has 2 rings (SSSR count). The number of halogens is 3. The largest absolute Gasteiger partial charge is 0.426 e. The highest BCUT2D eigenvalue weighted by Gasteiger charge is 2.33. The Morgan fingerprint density at radius 2 is 1.67 bits per heavy atom. The molecule has 0 aliphatic heterocycles. The first kappa shape index (κ1) is 20.2. The molecule has 0 fully saturated rings. The van der Waals surface area contributed by atoms with Gasteiger partial charge in [0.25, 0.3) is 11.4 Å². The average Bonchev–Trinajstić information content (AvgIpc) is 2.59. The van der Waals surface area contributed by atoms with Gasteiger partial charge in [0.05, 0.1) is 26.1 Å². The quantitative estimate of drug-likeness (QED) is 0.234. The molecular formula is C15H9F3N2O6S. The zero-order valence-corrected chi connectivity index (χ0v) is 14.0. The van der Waals surface area contributed by atoms with Crippen molar-refractivity contribution in [1.82, 2.24) is 0 Å². The summed E-state index contributed by atoms with van der Waals surface area (Å²) < 4.78 is 42.9. The van der Waals surface area contributed by atoms with Gasteiger partial charge >= 0.3 is 12.1 Å². The fourth-order valence-corrected chi connectivity index (χ4v) is 2.67. The molecule has 2 aromatic carbocycles. The van der Waals surface area contributed by atoms with E-state index in [9.17, 15) is 38.2 Å². The Kier molecular flexibility index (Phi) is 6.00. The van der Waals surface area contributed by atoms with Gasteiger partial charge in [0.15, 0.2) is 0 Å². The number of ether oxygens (including phenoxy) is 1. The van der Waals surface area contributed by atoms with E-state index >= 15 is 0 Å². The molecule has 0 heterocycles. The molecule has 0 amide bonds. The van der Waals surface area contributed by atoms with Crippen LogP contribution in [0.5, 0.6) is 5.75 Å². The number of alkyl halides is 3. The molecule has 8 nitrogen and oxygen atoms in total. The minimum Gasteiger partial charge on any atom is -0.426 e. The average molecular weight is 402 g/mol. The van der Waals surface area contributed by atoms with Crippen LogP contribution in [-0.4, -0.2) is 21.6 Å². The van der Waals surface area contributed by atoms with Crippen LogP contribution in [0.2, 0.25) is 0 Å². The molecule has 0 saturated heterocycles. The van der Waals surface area contributed by atoms with Crippen LogP contribution in [0.3, 0.4) is 0 Å². The summed E-state index contributed by atoms with van der Waals surface area (Å²) in [5.74, 6) is -1.22. The fourth-order valence-electron chi connectivity index (χ4n) is 1.89. The molecule has 0 unspecified atom stereocenters. The lowest BCUT2D eigenvalue weighted by molar-refractivity contribution is -0.388. The van der Waals surface area contributed by atoms with Crippen LogP contribution < -0.4 is 4.74 Å². The van der Waals surface area contributed by atoms with Crippen molar-refractivity contribution >= 4 is 29.1 Å². The number of carbonyl (C=O) groups is 1. The van der Waals surface area contributed by atoms with Crippen molar-refractivity contribution in [3.8, 4) is 5.75 Å². The number of hydrogen-bond acceptors (Lipinski definition) is 7. The van der Waals surface area contributed by atoms with Gasteiger partial charge in [-0.2, -0.15) is 13.2 Å². The summed E-state index contributed by atoms with van der Waals surface area (Å²) in [6.45, 7) is 0. The van der Waals surface area contributed by atoms with Crippen LogP contribution in [0.25, 0.3) is 0 Å². The maximum Gasteiger partial charge on any atom is 0.416 e. The predicted octanol–water partition coefficient (Wildman–Crippen LogP) is 4.22. The molecule has 0 spiro atoms. The first-order chi connectivity index (χ1) is 12.6. The van der Waals surface area contributed by atoms with Gasteiger partial charge < -0.3 is 4.74 Å². The van der Waals surface area contributed by atoms with E-state index in [1.807, 2.05) is 0 Å². The fraction of sp³-hybridized carbons (Fsp3) is 0.133. The van der Waals surface area contributed by atoms with Crippen molar-refractivity contribution < 1.29 is 32.5 Å². The molecule has 0 bridgehead atoms. The molecule has 0 N–H and O–H groups in total. The van der Waals surface area contributed by atoms with Gasteiger partial charge in [0.1, 0.15) is 5.75 Å². The molecule has 142 valence electrons. The highest BCUT2D eigenvalue weighted by molar-refractivity contribution is 8.00. The zero-order valence-electron chi connectivity index (χ0n) is 13.1. The van der Waals surface area contributed by atoms with Gasteiger partial charge in [-0.25, -0.2) is 0 Å². The number of nitrogens with zero attached hydrogens (tertiary/aromatic N) is 2. The maximum absolute atomic E-state index is 12.7. The van der Waals surface area contributed by atoms with Gasteiger partial charge in [-0.05, 0) is 24.3 Å². The summed E-state index contributed by atoms with van der Waals surface area (Å²) >= 11 is 0.638. The van der Waals surface area contributed by atoms with Gasteiger partial charge in [-0.3, -0.25) is 25.0 Å². The van der Waals surface area contributed by atoms with E-state index in [1.165, 1.54) is 12.1 Å². The van der Waals surface area contributed by atoms with Crippen molar-refractivity contribution in [2.24, 2.45) is 0 Å². The zero-order chi connectivity index (χ0) is 20.2. The number of rotatable bonds is 6. The van der Waals surface area contributed by atoms with Crippen molar-refractivity contribution in [1.29, 1.82) is 0 Å². The van der Waals surface area contributed by atoms with Gasteiger partial charge in [-0.15, -0.1) is 11.8 Å². The number of non-ortho nitro benzene ring substituents is 1. The van der Waals surface area contributed by atoms with Gasteiger partial charge in [0.2, 0.25) is 0 Å². The molecule has 0 radical (unpaired) electrons. The Morgan fingerprint density at radius 1 is 1.04 bits per heavy atom. The number of thioether (sulfide) groups is 1. The highest BCUT2D eigenvalue weighted by atomic mass is 32.2. The maximum atomic E-state index is 12.7. The third-order valence-corrected chi connectivity index (χ3v) is 4.14. The topological polar surface area (TPSA) is 113 Å². The van der Waals surface area contributed by atoms with E-state index in [4.69, 9.17) is 4.74 Å². The minimum absolute atomic E-state index is 0.0214. The molecule has 0 atom stereocenters. The molecule has 0 aliphatic carbocycles. The lowest BCUT2D eigenvalue weighted by Gasteiger charge is -2.08. The molecule has 27 heavy (non-hydrogen) atoms. The first-order valence-corrected chi connectivity index (χ1v) is 8.00. The Labute approximate surface area is 153 Å². The van der Waals surface area contributed by atoms with E-state index in [2.05, 4.69) is 0 Å². The lowest BCUT2D eigenvalue weighted by atomic mass is 10.2. The number of hydrogen-bond donors (Lipinski definition) is 0. The Morgan fingerprint density at radius 3 is 2.19 bits per heavy atom. The number of nitro benzene ring substituents is 2. The Balaban J connectivity index is 2.06. The normalized spacial score (nSPS) is 11.1. The van der Waals surface area contributed by atoms with E-state index < -0.39 is 39.0 Å². The molecule has 2 aromatic rings. The minimum atomic E-state index is -4.73. The SMILES string of the molecule is O=C(CSc1ccc(C(F)(F)F)cc1[N+](=O)[O-])Oc1ccc([N+](=O)[O-])cc1. The summed E-state index contributed by atoms with van der Waals surface area (Å²) in [5.41, 5.74) is -2.16. The number of benzene rings is 2. The van der Waals surface area contributed by atoms with Crippen LogP contribution >= 0.6 is 11.8 Å². The van der Waals surface area contributed by atoms with Crippen LogP contribution in [0.1, 0.15) is 5.56 Å². The van der Waals surface area contributed by atoms with Crippen molar-refractivity contribution in [2.75, 3.05) is 5.75 Å². The first-order valence-electron chi connectivity index (χ1n) is 7.01. The second kappa shape index (κ2) is 8.03. The van der Waals surface area contributed by atoms with Crippen LogP contribution in [0.15, 0.2) is 47.4 Å². The monoisotopic (exact) mass is 402 g/mol. The number of carbonyl (C=O) groups excluding carboxylic acids is 1. The van der Waals surface area contributed by atoms with Crippen molar-refractivity contribution in [2.45, 2.75) is 11.1 Å². The second-order valence-electron chi connectivity index (χ2n) is 4.95. The van der Waals surface area contributed by atoms with Gasteiger partial charge in [0, 0.05) is 18.2 Å². The summed E-state index contributed by atoms with van der Waals surface area (Å²) in [6.07, 6.45) is -4.73. The second-order valence-corrected chi connectivity index (χ2v) is 5.97. The van der Waals surface area contributed by atoms with Crippen LogP contribution in [0, 0.1) is 20.2 Å². The van der Waals surface area contributed by atoms with Crippen LogP contribution in [-0.2, 0) is 11.0 Å². The predicted molar refractivity (Wildman–Crippen MR) is 87.6 cm³/mol. The Hall–Kier alpha value is -3.15. The standard InChI is InChI=1S/C15H9F3N2O6S/c16-15(17,18)9-1-6-13(12(7-9)20(24)25)27-8-14(21)26-11-4-2-10(3-5-11)19(22)23/h1-7H,8H2. The summed E-state index contributed by atoms with van der Waals surface area (Å²) in [7, 11) is 0. The van der Waals surface area contributed by atoms with E-state index in [0.717, 1.165) is 18.2 Å². The van der Waals surface area contributed by atoms with Crippen molar-refractivity contribution in [3.63, 3.8) is 0 Å². The van der Waals surface area contributed by atoms with E-state index in [-0.39, 0.29) is 16.3 Å². The summed E-state index contributed by atoms with van der Waals surface area (Å²) in [4.78, 5) is 31.6. The van der Waals surface area contributed by atoms with E-state index in [0.29, 0.717) is 23.9 Å². The molecular weight excluding hydrogens is 393 g/mol. The van der Waals surface area contributed by atoms with Gasteiger partial charge in [-0.1, -0.05) is 0 Å². The third-order valence-electron chi connectivity index (χ3n) is 3.11. The number of esters is 1. The highest BCUT2D eigenvalue weighted by Crippen LogP contribution is 2.36.